The van der Waals surface area contributed by atoms with E-state index in [4.69, 9.17) is 9.26 Å². The van der Waals surface area contributed by atoms with Crippen molar-refractivity contribution in [3.63, 3.8) is 0 Å². The summed E-state index contributed by atoms with van der Waals surface area (Å²) in [6, 6.07) is -0.766. The van der Waals surface area contributed by atoms with Gasteiger partial charge in [0.25, 0.3) is 8.32 Å². The van der Waals surface area contributed by atoms with E-state index in [0.29, 0.717) is 25.5 Å². The van der Waals surface area contributed by atoms with Crippen LogP contribution < -0.4 is 16.0 Å². The fraction of sp³-hybridized carbons (Fsp3) is 0.727. The van der Waals surface area contributed by atoms with Crippen molar-refractivity contribution in [2.45, 2.75) is 83.9 Å². The third-order valence-electron chi connectivity index (χ3n) is 6.48. The van der Waals surface area contributed by atoms with E-state index in [0.717, 1.165) is 11.3 Å². The number of carbonyl (C=O) groups excluding carboxylic acids is 2. The Kier molecular flexibility index (Phi) is 6.93. The molecule has 1 aromatic heterocycles. The molecule has 1 aromatic rings. The molecule has 11 nitrogen and oxygen atoms in total. The quantitative estimate of drug-likeness (QED) is 0.242. The summed E-state index contributed by atoms with van der Waals surface area (Å²) >= 11 is 0. The summed E-state index contributed by atoms with van der Waals surface area (Å²) < 4.78 is 13.3. The molecule has 0 unspecified atom stereocenters. The summed E-state index contributed by atoms with van der Waals surface area (Å²) in [5, 5.41) is 18.0. The topological polar surface area (TPSA) is 122 Å². The molecule has 2 aliphatic rings. The number of oxime groups is 1. The van der Waals surface area contributed by atoms with Crippen molar-refractivity contribution in [2.75, 3.05) is 20.1 Å². The summed E-state index contributed by atoms with van der Waals surface area (Å²) in [7, 11) is -0.383. The monoisotopic (exact) mass is 493 g/mol. The zero-order valence-electron chi connectivity index (χ0n) is 21.8. The minimum absolute atomic E-state index is 0.0156. The molecule has 34 heavy (non-hydrogen) atoms. The van der Waals surface area contributed by atoms with Gasteiger partial charge < -0.3 is 30.1 Å². The number of urea groups is 1. The molecule has 0 saturated carbocycles. The van der Waals surface area contributed by atoms with Crippen LogP contribution >= 0.6 is 0 Å². The Morgan fingerprint density at radius 2 is 1.97 bits per heavy atom. The number of amidine groups is 1. The summed E-state index contributed by atoms with van der Waals surface area (Å²) in [6.07, 6.45) is 1.30. The Balaban J connectivity index is 1.87. The highest BCUT2D eigenvalue weighted by molar-refractivity contribution is 6.74. The highest BCUT2D eigenvalue weighted by Crippen LogP contribution is 2.40. The number of nitrogens with one attached hydrogen (secondary N) is 3. The first-order valence-electron chi connectivity index (χ1n) is 11.7. The van der Waals surface area contributed by atoms with E-state index in [-0.39, 0.29) is 17.1 Å². The van der Waals surface area contributed by atoms with Gasteiger partial charge in [0, 0.05) is 25.7 Å². The average molecular weight is 494 g/mol. The van der Waals surface area contributed by atoms with Crippen molar-refractivity contribution in [3.8, 4) is 0 Å². The van der Waals surface area contributed by atoms with E-state index in [1.807, 2.05) is 25.5 Å². The number of fused-ring (bicyclic) bond motifs is 4. The van der Waals surface area contributed by atoms with E-state index in [1.54, 1.807) is 18.1 Å². The first-order valence-corrected chi connectivity index (χ1v) is 14.6. The van der Waals surface area contributed by atoms with Gasteiger partial charge >= 0.3 is 12.1 Å². The van der Waals surface area contributed by atoms with Crippen LogP contribution in [0.4, 0.5) is 9.59 Å². The predicted octanol–water partition coefficient (Wildman–Crippen LogP) is 3.08. The molecule has 3 heterocycles. The van der Waals surface area contributed by atoms with Crippen LogP contribution in [0.15, 0.2) is 11.4 Å². The highest BCUT2D eigenvalue weighted by atomic mass is 28.4. The smallest absolute Gasteiger partial charge is 0.407 e. The van der Waals surface area contributed by atoms with Gasteiger partial charge in [-0.3, -0.25) is 4.68 Å². The van der Waals surface area contributed by atoms with E-state index in [2.05, 4.69) is 60.1 Å². The average Bonchev–Trinajstić information content (AvgIpc) is 3.25. The molecule has 3 N–H and O–H groups in total. The van der Waals surface area contributed by atoms with Gasteiger partial charge in [0.15, 0.2) is 5.84 Å². The Labute approximate surface area is 202 Å². The van der Waals surface area contributed by atoms with E-state index in [1.165, 1.54) is 0 Å². The van der Waals surface area contributed by atoms with Gasteiger partial charge in [-0.05, 0) is 38.9 Å². The number of aromatic nitrogens is 2. The number of carbonyl (C=O) groups is 2. The van der Waals surface area contributed by atoms with E-state index < -0.39 is 26.1 Å². The van der Waals surface area contributed by atoms with Crippen LogP contribution in [0.25, 0.3) is 0 Å². The van der Waals surface area contributed by atoms with Crippen LogP contribution in [-0.4, -0.2) is 66.7 Å². The zero-order valence-corrected chi connectivity index (χ0v) is 22.8. The lowest BCUT2D eigenvalue weighted by molar-refractivity contribution is 0.0525. The Hall–Kier alpha value is -2.76. The Morgan fingerprint density at radius 3 is 2.56 bits per heavy atom. The number of likely N-dealkylation sites (N-methyl/N-ethyl adjacent to an activating group) is 1. The van der Waals surface area contributed by atoms with Crippen molar-refractivity contribution in [3.05, 3.63) is 17.5 Å². The minimum atomic E-state index is -2.16. The lowest BCUT2D eigenvalue weighted by Crippen LogP contribution is -2.45. The number of hydrogen-bond donors (Lipinski definition) is 3. The SMILES string of the molecule is CN/C(=N\O[Si](C)(C)C(C)(C)C)[C@@H]1c2c(cnn2CCNC(=O)OC(C)(C)C)[C@@H]2CN1C(=O)N2. The maximum Gasteiger partial charge on any atom is 0.407 e. The molecule has 190 valence electrons. The number of rotatable bonds is 6. The second kappa shape index (κ2) is 9.12. The Bertz CT molecular complexity index is 961. The second-order valence-electron chi connectivity index (χ2n) is 11.3. The normalized spacial score (nSPS) is 20.6. The molecule has 3 amide bonds. The third-order valence-corrected chi connectivity index (χ3v) is 10.6. The van der Waals surface area contributed by atoms with Gasteiger partial charge in [0.2, 0.25) is 0 Å². The molecule has 12 heteroatoms. The van der Waals surface area contributed by atoms with Gasteiger partial charge in [-0.15, -0.1) is 0 Å². The molecule has 2 aliphatic heterocycles. The van der Waals surface area contributed by atoms with Crippen LogP contribution in [0.5, 0.6) is 0 Å². The molecular weight excluding hydrogens is 454 g/mol. The Morgan fingerprint density at radius 1 is 1.29 bits per heavy atom. The third kappa shape index (κ3) is 5.31. The fourth-order valence-corrected chi connectivity index (χ4v) is 4.25. The molecule has 0 aliphatic carbocycles. The summed E-state index contributed by atoms with van der Waals surface area (Å²) in [6.45, 7) is 17.4. The molecule has 1 saturated heterocycles. The molecule has 1 fully saturated rings. The van der Waals surface area contributed by atoms with Crippen LogP contribution in [0.3, 0.4) is 0 Å². The van der Waals surface area contributed by atoms with Crippen molar-refractivity contribution in [2.24, 2.45) is 5.16 Å². The van der Waals surface area contributed by atoms with Crippen molar-refractivity contribution in [1.82, 2.24) is 30.6 Å². The summed E-state index contributed by atoms with van der Waals surface area (Å²) in [5.74, 6) is 0.545. The van der Waals surface area contributed by atoms with Gasteiger partial charge in [-0.1, -0.05) is 25.9 Å². The first-order chi connectivity index (χ1) is 15.6. The number of ether oxygens (including phenoxy) is 1. The van der Waals surface area contributed by atoms with Gasteiger partial charge in [-0.2, -0.15) is 5.10 Å². The molecule has 3 rings (SSSR count). The van der Waals surface area contributed by atoms with E-state index in [9.17, 15) is 9.59 Å². The molecular formula is C22H39N7O4Si. The molecule has 0 spiro atoms. The number of nitrogens with zero attached hydrogens (tertiary/aromatic N) is 4. The van der Waals surface area contributed by atoms with Crippen LogP contribution in [-0.2, 0) is 15.8 Å². The number of alkyl carbamates (subject to hydrolysis) is 1. The maximum atomic E-state index is 12.8. The van der Waals surface area contributed by atoms with Crippen LogP contribution in [0.2, 0.25) is 18.1 Å². The fourth-order valence-electron chi connectivity index (χ4n) is 3.65. The van der Waals surface area contributed by atoms with Crippen molar-refractivity contribution in [1.29, 1.82) is 0 Å². The summed E-state index contributed by atoms with van der Waals surface area (Å²) in [5.41, 5.74) is 1.23. The lowest BCUT2D eigenvalue weighted by Gasteiger charge is -2.35. The molecule has 0 radical (unpaired) electrons. The van der Waals surface area contributed by atoms with Crippen LogP contribution in [0.1, 0.15) is 64.9 Å². The largest absolute Gasteiger partial charge is 0.453 e. The minimum Gasteiger partial charge on any atom is -0.453 e. The second-order valence-corrected chi connectivity index (χ2v) is 16.0. The predicted molar refractivity (Wildman–Crippen MR) is 132 cm³/mol. The molecule has 0 aromatic carbocycles. The van der Waals surface area contributed by atoms with Crippen molar-refractivity contribution < 1.29 is 18.9 Å². The standard InChI is InChI=1S/C22H39N7O4Si/c1-21(2,3)32-20(31)24-10-11-29-16-14(12-25-29)15-13-28(19(30)26-15)17(16)18(23-7)27-33-34(8,9)22(4,5)6/h12,15,17H,10-11,13H2,1-9H3,(H,23,27)(H,24,31)(H,26,30)/t15-,17-/m0/s1. The lowest BCUT2D eigenvalue weighted by atomic mass is 9.97. The van der Waals surface area contributed by atoms with Crippen molar-refractivity contribution >= 4 is 26.3 Å². The summed E-state index contributed by atoms with van der Waals surface area (Å²) in [4.78, 5) is 26.5. The van der Waals surface area contributed by atoms with Crippen LogP contribution in [0, 0.1) is 0 Å². The van der Waals surface area contributed by atoms with Gasteiger partial charge in [-0.25, -0.2) is 9.59 Å². The number of amides is 3. The molecule has 2 atom stereocenters. The maximum absolute atomic E-state index is 12.8. The highest BCUT2D eigenvalue weighted by Gasteiger charge is 2.47. The van der Waals surface area contributed by atoms with E-state index >= 15 is 0 Å². The number of hydrogen-bond acceptors (Lipinski definition) is 6. The molecule has 2 bridgehead atoms. The zero-order chi connectivity index (χ0) is 25.5. The van der Waals surface area contributed by atoms with Gasteiger partial charge in [0.05, 0.1) is 24.5 Å². The van der Waals surface area contributed by atoms with Gasteiger partial charge in [0.1, 0.15) is 11.6 Å². The first kappa shape index (κ1) is 25.9.